The predicted molar refractivity (Wildman–Crippen MR) is 69.0 cm³/mol. The van der Waals surface area contributed by atoms with E-state index in [1.165, 1.54) is 13.1 Å². The van der Waals surface area contributed by atoms with Crippen LogP contribution < -0.4 is 10.6 Å². The molecule has 1 rings (SSSR count). The molecule has 0 saturated heterocycles. The summed E-state index contributed by atoms with van der Waals surface area (Å²) >= 11 is 0. The summed E-state index contributed by atoms with van der Waals surface area (Å²) in [5.41, 5.74) is 0.221. The number of hydrogen-bond donors (Lipinski definition) is 2. The molecular weight excluding hydrogens is 249 g/mol. The molecule has 1 heterocycles. The first-order valence-corrected chi connectivity index (χ1v) is 6.08. The molecule has 1 aromatic heterocycles. The van der Waals surface area contributed by atoms with E-state index in [4.69, 9.17) is 0 Å². The zero-order valence-electron chi connectivity index (χ0n) is 11.2. The molecule has 1 aromatic rings. The topological polar surface area (TPSA) is 71.1 Å². The molecule has 19 heavy (non-hydrogen) atoms. The Morgan fingerprint density at radius 1 is 1.37 bits per heavy atom. The second-order valence-electron chi connectivity index (χ2n) is 4.64. The van der Waals surface area contributed by atoms with Crippen molar-refractivity contribution in [1.82, 2.24) is 15.6 Å². The van der Waals surface area contributed by atoms with Crippen LogP contribution in [-0.4, -0.2) is 29.9 Å². The first-order valence-electron chi connectivity index (χ1n) is 6.08. The maximum absolute atomic E-state index is 12.7. The van der Waals surface area contributed by atoms with Crippen molar-refractivity contribution in [2.45, 2.75) is 26.3 Å². The van der Waals surface area contributed by atoms with E-state index in [0.717, 1.165) is 12.3 Å². The van der Waals surface area contributed by atoms with E-state index in [2.05, 4.69) is 15.6 Å². The maximum Gasteiger partial charge on any atom is 0.253 e. The number of hydrogen-bond acceptors (Lipinski definition) is 3. The SMILES string of the molecule is CNC(=O)C(CC(C)C)NC(=O)c1ccc(F)nc1. The highest BCUT2D eigenvalue weighted by molar-refractivity contribution is 5.97. The molecule has 5 nitrogen and oxygen atoms in total. The minimum Gasteiger partial charge on any atom is -0.357 e. The van der Waals surface area contributed by atoms with E-state index < -0.39 is 17.9 Å². The second kappa shape index (κ2) is 6.82. The van der Waals surface area contributed by atoms with E-state index in [0.29, 0.717) is 6.42 Å². The lowest BCUT2D eigenvalue weighted by atomic mass is 10.0. The van der Waals surface area contributed by atoms with Crippen molar-refractivity contribution in [3.63, 3.8) is 0 Å². The molecule has 0 aliphatic rings. The van der Waals surface area contributed by atoms with Crippen LogP contribution in [0.1, 0.15) is 30.6 Å². The Morgan fingerprint density at radius 2 is 2.05 bits per heavy atom. The summed E-state index contributed by atoms with van der Waals surface area (Å²) in [6.45, 7) is 3.92. The van der Waals surface area contributed by atoms with E-state index in [1.807, 2.05) is 13.8 Å². The molecule has 2 N–H and O–H groups in total. The Bertz CT molecular complexity index is 446. The standard InChI is InChI=1S/C13H18FN3O2/c1-8(2)6-10(13(19)15-3)17-12(18)9-4-5-11(14)16-7-9/h4-5,7-8,10H,6H2,1-3H3,(H,15,19)(H,17,18). The van der Waals surface area contributed by atoms with Gasteiger partial charge in [0, 0.05) is 13.2 Å². The summed E-state index contributed by atoms with van der Waals surface area (Å²) in [4.78, 5) is 27.0. The van der Waals surface area contributed by atoms with Gasteiger partial charge in [-0.1, -0.05) is 13.8 Å². The molecule has 0 radical (unpaired) electrons. The molecule has 2 amide bonds. The Kier molecular flexibility index (Phi) is 5.41. The molecule has 0 bridgehead atoms. The molecule has 0 aromatic carbocycles. The van der Waals surface area contributed by atoms with Crippen molar-refractivity contribution < 1.29 is 14.0 Å². The third-order valence-electron chi connectivity index (χ3n) is 2.56. The van der Waals surface area contributed by atoms with E-state index in [-0.39, 0.29) is 17.4 Å². The Morgan fingerprint density at radius 3 is 2.53 bits per heavy atom. The summed E-state index contributed by atoms with van der Waals surface area (Å²) in [6.07, 6.45) is 1.67. The molecule has 0 spiro atoms. The summed E-state index contributed by atoms with van der Waals surface area (Å²) in [6, 6.07) is 1.82. The zero-order chi connectivity index (χ0) is 14.4. The van der Waals surface area contributed by atoms with Gasteiger partial charge in [-0.25, -0.2) is 4.98 Å². The maximum atomic E-state index is 12.7. The largest absolute Gasteiger partial charge is 0.357 e. The molecule has 0 aliphatic heterocycles. The minimum absolute atomic E-state index is 0.221. The lowest BCUT2D eigenvalue weighted by Crippen LogP contribution is -2.46. The summed E-state index contributed by atoms with van der Waals surface area (Å²) in [5, 5.41) is 5.13. The van der Waals surface area contributed by atoms with Gasteiger partial charge in [-0.05, 0) is 24.5 Å². The van der Waals surface area contributed by atoms with Crippen LogP contribution in [0.3, 0.4) is 0 Å². The van der Waals surface area contributed by atoms with Crippen molar-refractivity contribution >= 4 is 11.8 Å². The number of nitrogens with one attached hydrogen (secondary N) is 2. The minimum atomic E-state index is -0.651. The fraction of sp³-hybridized carbons (Fsp3) is 0.462. The molecule has 1 atom stereocenters. The number of amides is 2. The monoisotopic (exact) mass is 267 g/mol. The van der Waals surface area contributed by atoms with Gasteiger partial charge in [0.25, 0.3) is 5.91 Å². The van der Waals surface area contributed by atoms with E-state index >= 15 is 0 Å². The predicted octanol–water partition coefficient (Wildman–Crippen LogP) is 1.11. The van der Waals surface area contributed by atoms with Gasteiger partial charge in [-0.15, -0.1) is 0 Å². The van der Waals surface area contributed by atoms with Gasteiger partial charge >= 0.3 is 0 Å². The van der Waals surface area contributed by atoms with Crippen LogP contribution in [0.5, 0.6) is 0 Å². The highest BCUT2D eigenvalue weighted by Gasteiger charge is 2.21. The van der Waals surface area contributed by atoms with Gasteiger partial charge < -0.3 is 10.6 Å². The summed E-state index contributed by atoms with van der Waals surface area (Å²) in [7, 11) is 1.52. The van der Waals surface area contributed by atoms with Crippen LogP contribution in [0, 0.1) is 11.9 Å². The third kappa shape index (κ3) is 4.65. The average molecular weight is 267 g/mol. The fourth-order valence-electron chi connectivity index (χ4n) is 1.63. The van der Waals surface area contributed by atoms with Crippen LogP contribution in [0.25, 0.3) is 0 Å². The van der Waals surface area contributed by atoms with Crippen LogP contribution in [0.4, 0.5) is 4.39 Å². The zero-order valence-corrected chi connectivity index (χ0v) is 11.2. The third-order valence-corrected chi connectivity index (χ3v) is 2.56. The van der Waals surface area contributed by atoms with Crippen LogP contribution in [0.15, 0.2) is 18.3 Å². The number of carbonyl (C=O) groups excluding carboxylic acids is 2. The van der Waals surface area contributed by atoms with Crippen molar-refractivity contribution in [3.05, 3.63) is 29.8 Å². The van der Waals surface area contributed by atoms with Gasteiger partial charge in [0.05, 0.1) is 5.56 Å². The quantitative estimate of drug-likeness (QED) is 0.785. The van der Waals surface area contributed by atoms with Crippen LogP contribution in [-0.2, 0) is 4.79 Å². The number of carbonyl (C=O) groups is 2. The first kappa shape index (κ1) is 15.1. The van der Waals surface area contributed by atoms with Crippen molar-refractivity contribution in [1.29, 1.82) is 0 Å². The van der Waals surface area contributed by atoms with Crippen LogP contribution in [0.2, 0.25) is 0 Å². The Balaban J connectivity index is 2.75. The summed E-state index contributed by atoms with van der Waals surface area (Å²) < 4.78 is 12.7. The molecule has 0 saturated carbocycles. The molecule has 0 fully saturated rings. The lowest BCUT2D eigenvalue weighted by molar-refractivity contribution is -0.122. The number of rotatable bonds is 5. The smallest absolute Gasteiger partial charge is 0.253 e. The van der Waals surface area contributed by atoms with Gasteiger partial charge in [0.1, 0.15) is 6.04 Å². The van der Waals surface area contributed by atoms with E-state index in [1.54, 1.807) is 0 Å². The lowest BCUT2D eigenvalue weighted by Gasteiger charge is -2.19. The second-order valence-corrected chi connectivity index (χ2v) is 4.64. The number of aromatic nitrogens is 1. The molecule has 6 heteroatoms. The normalized spacial score (nSPS) is 12.1. The van der Waals surface area contributed by atoms with Crippen molar-refractivity contribution in [3.8, 4) is 0 Å². The number of halogens is 1. The van der Waals surface area contributed by atoms with Gasteiger partial charge in [0.15, 0.2) is 0 Å². The highest BCUT2D eigenvalue weighted by Crippen LogP contribution is 2.07. The van der Waals surface area contributed by atoms with Gasteiger partial charge in [-0.3, -0.25) is 9.59 Å². The molecular formula is C13H18FN3O2. The van der Waals surface area contributed by atoms with E-state index in [9.17, 15) is 14.0 Å². The van der Waals surface area contributed by atoms with Crippen molar-refractivity contribution in [2.24, 2.45) is 5.92 Å². The number of pyridine rings is 1. The number of likely N-dealkylation sites (N-methyl/N-ethyl adjacent to an activating group) is 1. The first-order chi connectivity index (χ1) is 8.93. The Hall–Kier alpha value is -1.98. The fourth-order valence-corrected chi connectivity index (χ4v) is 1.63. The van der Waals surface area contributed by atoms with Crippen molar-refractivity contribution in [2.75, 3.05) is 7.05 Å². The molecule has 104 valence electrons. The van der Waals surface area contributed by atoms with Crippen LogP contribution >= 0.6 is 0 Å². The molecule has 1 unspecified atom stereocenters. The average Bonchev–Trinajstić information content (AvgIpc) is 2.37. The summed E-state index contributed by atoms with van der Waals surface area (Å²) in [5.74, 6) is -1.09. The number of nitrogens with zero attached hydrogens (tertiary/aromatic N) is 1. The van der Waals surface area contributed by atoms with Gasteiger partial charge in [0.2, 0.25) is 11.9 Å². The highest BCUT2D eigenvalue weighted by atomic mass is 19.1. The molecule has 0 aliphatic carbocycles. The Labute approximate surface area is 111 Å². The van der Waals surface area contributed by atoms with Gasteiger partial charge in [-0.2, -0.15) is 4.39 Å².